The summed E-state index contributed by atoms with van der Waals surface area (Å²) >= 11 is 0. The number of carbonyl (C=O) groups is 1. The van der Waals surface area contributed by atoms with Crippen LogP contribution in [0.5, 0.6) is 0 Å². The number of carbonyl (C=O) groups excluding carboxylic acids is 1. The zero-order valence-corrected chi connectivity index (χ0v) is 15.1. The first-order chi connectivity index (χ1) is 12.7. The van der Waals surface area contributed by atoms with Crippen LogP contribution in [0.4, 0.5) is 4.39 Å². The lowest BCUT2D eigenvalue weighted by Gasteiger charge is -2.27. The standard InChI is InChI=1S/C18H17FN6O.ClH/c19-13-4-1-3-11(7-13)15-14-9-20-8-12(14)10-24(15)17(26)16-22-18-21-5-2-6-25(18)23-16;/h1-7,12,14-15,20H,8-10H2;1H/t12-,14-,15-;/m0./s1. The molecular weight excluding hydrogens is 371 g/mol. The summed E-state index contributed by atoms with van der Waals surface area (Å²) in [4.78, 5) is 23.3. The third-order valence-corrected chi connectivity index (χ3v) is 5.32. The molecule has 9 heteroatoms. The van der Waals surface area contributed by atoms with Crippen molar-refractivity contribution in [3.8, 4) is 0 Å². The normalized spacial score (nSPS) is 24.0. The molecule has 0 radical (unpaired) electrons. The lowest BCUT2D eigenvalue weighted by atomic mass is 9.89. The molecule has 1 N–H and O–H groups in total. The van der Waals surface area contributed by atoms with Crippen molar-refractivity contribution in [2.24, 2.45) is 11.8 Å². The van der Waals surface area contributed by atoms with E-state index in [4.69, 9.17) is 0 Å². The summed E-state index contributed by atoms with van der Waals surface area (Å²) < 4.78 is 15.3. The molecule has 0 unspecified atom stereocenters. The van der Waals surface area contributed by atoms with Gasteiger partial charge in [0.15, 0.2) is 0 Å². The Kier molecular flexibility index (Phi) is 4.53. The van der Waals surface area contributed by atoms with Gasteiger partial charge in [-0.2, -0.15) is 4.98 Å². The molecule has 0 aliphatic carbocycles. The molecule has 2 fully saturated rings. The van der Waals surface area contributed by atoms with Gasteiger partial charge in [0, 0.05) is 37.9 Å². The zero-order valence-electron chi connectivity index (χ0n) is 14.3. The highest BCUT2D eigenvalue weighted by Crippen LogP contribution is 2.43. The van der Waals surface area contributed by atoms with Crippen LogP contribution in [-0.4, -0.2) is 50.0 Å². The summed E-state index contributed by atoms with van der Waals surface area (Å²) in [7, 11) is 0. The molecule has 1 amide bonds. The lowest BCUT2D eigenvalue weighted by Crippen LogP contribution is -2.35. The number of nitrogens with zero attached hydrogens (tertiary/aromatic N) is 5. The van der Waals surface area contributed by atoms with E-state index in [0.717, 1.165) is 18.7 Å². The number of amides is 1. The van der Waals surface area contributed by atoms with Gasteiger partial charge in [0.05, 0.1) is 6.04 Å². The quantitative estimate of drug-likeness (QED) is 0.723. The third kappa shape index (κ3) is 2.94. The molecule has 3 atom stereocenters. The monoisotopic (exact) mass is 388 g/mol. The molecule has 5 rings (SSSR count). The number of hydrogen-bond donors (Lipinski definition) is 1. The predicted octanol–water partition coefficient (Wildman–Crippen LogP) is 1.72. The number of aromatic nitrogens is 4. The topological polar surface area (TPSA) is 75.4 Å². The average molecular weight is 389 g/mol. The van der Waals surface area contributed by atoms with E-state index in [2.05, 4.69) is 20.4 Å². The maximum Gasteiger partial charge on any atom is 0.294 e. The van der Waals surface area contributed by atoms with Crippen molar-refractivity contribution in [3.05, 3.63) is 59.9 Å². The first-order valence-electron chi connectivity index (χ1n) is 8.65. The maximum atomic E-state index is 13.8. The summed E-state index contributed by atoms with van der Waals surface area (Å²) in [5.74, 6) is 0.592. The van der Waals surface area contributed by atoms with Gasteiger partial charge in [-0.05, 0) is 29.7 Å². The first-order valence-corrected chi connectivity index (χ1v) is 8.65. The van der Waals surface area contributed by atoms with Crippen molar-refractivity contribution < 1.29 is 9.18 Å². The Morgan fingerprint density at radius 1 is 1.26 bits per heavy atom. The molecule has 0 saturated carbocycles. The van der Waals surface area contributed by atoms with Gasteiger partial charge < -0.3 is 10.2 Å². The van der Waals surface area contributed by atoms with Crippen LogP contribution in [0.15, 0.2) is 42.7 Å². The van der Waals surface area contributed by atoms with Crippen LogP contribution in [0, 0.1) is 17.7 Å². The highest BCUT2D eigenvalue weighted by molar-refractivity contribution is 5.91. The van der Waals surface area contributed by atoms with E-state index >= 15 is 0 Å². The Morgan fingerprint density at radius 3 is 2.96 bits per heavy atom. The summed E-state index contributed by atoms with van der Waals surface area (Å²) in [5.41, 5.74) is 0.816. The summed E-state index contributed by atoms with van der Waals surface area (Å²) in [6, 6.07) is 8.06. The van der Waals surface area contributed by atoms with E-state index in [0.29, 0.717) is 18.2 Å². The fourth-order valence-electron chi connectivity index (χ4n) is 4.20. The molecule has 2 aromatic heterocycles. The first kappa shape index (κ1) is 17.8. The zero-order chi connectivity index (χ0) is 17.7. The molecule has 1 aromatic carbocycles. The van der Waals surface area contributed by atoms with Gasteiger partial charge in [0.2, 0.25) is 5.82 Å². The van der Waals surface area contributed by atoms with Gasteiger partial charge in [-0.15, -0.1) is 17.5 Å². The van der Waals surface area contributed by atoms with Gasteiger partial charge in [0.1, 0.15) is 5.82 Å². The third-order valence-electron chi connectivity index (χ3n) is 5.32. The van der Waals surface area contributed by atoms with Crippen LogP contribution in [0.3, 0.4) is 0 Å². The van der Waals surface area contributed by atoms with Gasteiger partial charge in [-0.1, -0.05) is 12.1 Å². The van der Waals surface area contributed by atoms with Crippen molar-refractivity contribution in [1.29, 1.82) is 0 Å². The molecule has 27 heavy (non-hydrogen) atoms. The molecule has 7 nitrogen and oxygen atoms in total. The molecule has 0 bridgehead atoms. The van der Waals surface area contributed by atoms with Gasteiger partial charge in [0.25, 0.3) is 11.7 Å². The van der Waals surface area contributed by atoms with Crippen molar-refractivity contribution in [2.75, 3.05) is 19.6 Å². The number of nitrogens with one attached hydrogen (secondary N) is 1. The minimum Gasteiger partial charge on any atom is -0.328 e. The van der Waals surface area contributed by atoms with Gasteiger partial charge in [-0.25, -0.2) is 13.9 Å². The van der Waals surface area contributed by atoms with Crippen LogP contribution in [0.1, 0.15) is 22.2 Å². The molecule has 140 valence electrons. The van der Waals surface area contributed by atoms with Gasteiger partial charge >= 0.3 is 0 Å². The fourth-order valence-corrected chi connectivity index (χ4v) is 4.20. The van der Waals surface area contributed by atoms with Gasteiger partial charge in [-0.3, -0.25) is 4.79 Å². The maximum absolute atomic E-state index is 13.8. The molecule has 4 heterocycles. The molecule has 0 spiro atoms. The van der Waals surface area contributed by atoms with Crippen molar-refractivity contribution in [3.63, 3.8) is 0 Å². The molecule has 2 aliphatic rings. The van der Waals surface area contributed by atoms with Crippen LogP contribution in [0.2, 0.25) is 0 Å². The number of rotatable bonds is 2. The summed E-state index contributed by atoms with van der Waals surface area (Å²) in [6.45, 7) is 2.29. The Balaban J connectivity index is 0.00000180. The van der Waals surface area contributed by atoms with E-state index < -0.39 is 0 Å². The minimum atomic E-state index is -0.292. The Morgan fingerprint density at radius 2 is 2.15 bits per heavy atom. The van der Waals surface area contributed by atoms with E-state index in [1.807, 2.05) is 6.07 Å². The number of benzene rings is 1. The smallest absolute Gasteiger partial charge is 0.294 e. The highest BCUT2D eigenvalue weighted by Gasteiger charge is 2.47. The van der Waals surface area contributed by atoms with E-state index in [1.165, 1.54) is 16.6 Å². The second-order valence-electron chi connectivity index (χ2n) is 6.84. The van der Waals surface area contributed by atoms with Crippen LogP contribution in [0.25, 0.3) is 5.78 Å². The number of halogens is 2. The second kappa shape index (κ2) is 6.86. The Bertz CT molecular complexity index is 962. The lowest BCUT2D eigenvalue weighted by molar-refractivity contribution is 0.0701. The molecule has 2 aliphatic heterocycles. The predicted molar refractivity (Wildman–Crippen MR) is 98.1 cm³/mol. The van der Waals surface area contributed by atoms with Crippen molar-refractivity contribution >= 4 is 24.1 Å². The second-order valence-corrected chi connectivity index (χ2v) is 6.84. The molecular formula is C18H18ClFN6O. The minimum absolute atomic E-state index is 0. The SMILES string of the molecule is Cl.O=C(c1nc2ncccn2n1)N1C[C@@H]2CNC[C@@H]2[C@@H]1c1cccc(F)c1. The van der Waals surface area contributed by atoms with Crippen molar-refractivity contribution in [2.45, 2.75) is 6.04 Å². The Hall–Kier alpha value is -2.58. The largest absolute Gasteiger partial charge is 0.328 e. The number of fused-ring (bicyclic) bond motifs is 2. The number of hydrogen-bond acceptors (Lipinski definition) is 5. The summed E-state index contributed by atoms with van der Waals surface area (Å²) in [5, 5.41) is 7.64. The Labute approximate surface area is 161 Å². The van der Waals surface area contributed by atoms with E-state index in [-0.39, 0.29) is 41.9 Å². The average Bonchev–Trinajstić information content (AvgIpc) is 3.34. The van der Waals surface area contributed by atoms with Crippen LogP contribution < -0.4 is 5.32 Å². The van der Waals surface area contributed by atoms with E-state index in [9.17, 15) is 9.18 Å². The summed E-state index contributed by atoms with van der Waals surface area (Å²) in [6.07, 6.45) is 3.32. The molecule has 2 saturated heterocycles. The number of likely N-dealkylation sites (tertiary alicyclic amines) is 1. The highest BCUT2D eigenvalue weighted by atomic mass is 35.5. The van der Waals surface area contributed by atoms with E-state index in [1.54, 1.807) is 29.4 Å². The van der Waals surface area contributed by atoms with Crippen LogP contribution in [-0.2, 0) is 0 Å². The molecule has 3 aromatic rings. The van der Waals surface area contributed by atoms with Crippen LogP contribution >= 0.6 is 12.4 Å². The fraction of sp³-hybridized carbons (Fsp3) is 0.333. The van der Waals surface area contributed by atoms with Crippen molar-refractivity contribution in [1.82, 2.24) is 29.8 Å².